The van der Waals surface area contributed by atoms with E-state index in [-0.39, 0.29) is 17.6 Å². The third-order valence-corrected chi connectivity index (χ3v) is 6.18. The van der Waals surface area contributed by atoms with Gasteiger partial charge in [-0.15, -0.1) is 0 Å². The molecule has 33 heavy (non-hydrogen) atoms. The Morgan fingerprint density at radius 3 is 2.55 bits per heavy atom. The fourth-order valence-electron chi connectivity index (χ4n) is 4.19. The van der Waals surface area contributed by atoms with Crippen molar-refractivity contribution in [1.29, 1.82) is 0 Å². The molecule has 0 atom stereocenters. The summed E-state index contributed by atoms with van der Waals surface area (Å²) in [7, 11) is 4.00. The number of likely N-dealkylation sites (N-methyl/N-ethyl adjacent to an activating group) is 1. The van der Waals surface area contributed by atoms with Crippen LogP contribution in [0.15, 0.2) is 63.7 Å². The Bertz CT molecular complexity index is 1220. The molecule has 1 aromatic carbocycles. The van der Waals surface area contributed by atoms with Gasteiger partial charge in [0.2, 0.25) is 5.43 Å². The van der Waals surface area contributed by atoms with Gasteiger partial charge in [-0.3, -0.25) is 24.4 Å². The van der Waals surface area contributed by atoms with E-state index in [4.69, 9.17) is 9.98 Å². The van der Waals surface area contributed by atoms with Crippen LogP contribution in [-0.2, 0) is 13.5 Å². The van der Waals surface area contributed by atoms with Crippen LogP contribution in [0, 0.1) is 0 Å². The van der Waals surface area contributed by atoms with Crippen molar-refractivity contribution >= 4 is 12.4 Å². The van der Waals surface area contributed by atoms with Crippen molar-refractivity contribution in [1.82, 2.24) is 29.4 Å². The third-order valence-electron chi connectivity index (χ3n) is 6.18. The Hall–Kier alpha value is -3.43. The molecule has 0 bridgehead atoms. The number of rotatable bonds is 5. The highest BCUT2D eigenvalue weighted by Crippen LogP contribution is 2.23. The Morgan fingerprint density at radius 2 is 1.82 bits per heavy atom. The molecule has 0 unspecified atom stereocenters. The van der Waals surface area contributed by atoms with E-state index < -0.39 is 0 Å². The number of aryl methyl sites for hydroxylation is 1. The highest BCUT2D eigenvalue weighted by atomic mass is 16.1. The molecule has 4 heterocycles. The maximum atomic E-state index is 12.5. The summed E-state index contributed by atoms with van der Waals surface area (Å²) in [6.45, 7) is 4.19. The zero-order chi connectivity index (χ0) is 22.8. The van der Waals surface area contributed by atoms with Crippen molar-refractivity contribution in [2.45, 2.75) is 18.6 Å². The van der Waals surface area contributed by atoms with Crippen molar-refractivity contribution in [2.75, 3.05) is 33.2 Å². The molecular formula is C24H28N8O. The highest BCUT2D eigenvalue weighted by molar-refractivity contribution is 5.89. The fraction of sp³-hybridized carbons (Fsp3) is 0.375. The summed E-state index contributed by atoms with van der Waals surface area (Å²) < 4.78 is 3.39. The van der Waals surface area contributed by atoms with E-state index in [0.717, 1.165) is 43.0 Å². The van der Waals surface area contributed by atoms with Crippen molar-refractivity contribution in [2.24, 2.45) is 17.0 Å². The molecule has 0 spiro atoms. The number of piperazine rings is 1. The molecule has 2 aliphatic rings. The Kier molecular flexibility index (Phi) is 5.97. The van der Waals surface area contributed by atoms with E-state index in [1.165, 1.54) is 0 Å². The lowest BCUT2D eigenvalue weighted by atomic mass is 10.0. The molecule has 1 saturated heterocycles. The SMILES string of the molecule is CN1CCN(C2C=NC(c3cccc(Cc4nn(-c5cnn(C)c5)ccc4=O)c3)N=C2)CC1. The van der Waals surface area contributed by atoms with Crippen LogP contribution in [0.2, 0.25) is 0 Å². The number of aliphatic imine (C=N–C) groups is 2. The van der Waals surface area contributed by atoms with Crippen molar-refractivity contribution in [3.8, 4) is 5.69 Å². The summed E-state index contributed by atoms with van der Waals surface area (Å²) in [5, 5.41) is 8.72. The second-order valence-electron chi connectivity index (χ2n) is 8.67. The molecular weight excluding hydrogens is 416 g/mol. The topological polar surface area (TPSA) is 83.9 Å². The number of benzene rings is 1. The number of nitrogens with zero attached hydrogens (tertiary/aromatic N) is 8. The first-order chi connectivity index (χ1) is 16.0. The molecule has 0 aliphatic carbocycles. The van der Waals surface area contributed by atoms with E-state index in [1.54, 1.807) is 27.8 Å². The summed E-state index contributed by atoms with van der Waals surface area (Å²) in [6.07, 6.45) is 9.47. The van der Waals surface area contributed by atoms with E-state index in [2.05, 4.69) is 33.1 Å². The highest BCUT2D eigenvalue weighted by Gasteiger charge is 2.23. The summed E-state index contributed by atoms with van der Waals surface area (Å²) in [6, 6.07) is 9.81. The Labute approximate surface area is 192 Å². The number of hydrogen-bond acceptors (Lipinski definition) is 7. The summed E-state index contributed by atoms with van der Waals surface area (Å²) in [4.78, 5) is 26.7. The van der Waals surface area contributed by atoms with Gasteiger partial charge in [0.05, 0.1) is 18.4 Å². The van der Waals surface area contributed by atoms with E-state index in [0.29, 0.717) is 12.1 Å². The Balaban J connectivity index is 1.30. The van der Waals surface area contributed by atoms with Crippen molar-refractivity contribution < 1.29 is 0 Å². The normalized spacial score (nSPS) is 21.5. The summed E-state index contributed by atoms with van der Waals surface area (Å²) >= 11 is 0. The predicted octanol–water partition coefficient (Wildman–Crippen LogP) is 1.33. The molecule has 170 valence electrons. The van der Waals surface area contributed by atoms with Gasteiger partial charge in [0.25, 0.3) is 0 Å². The largest absolute Gasteiger partial charge is 0.304 e. The second kappa shape index (κ2) is 9.21. The first-order valence-corrected chi connectivity index (χ1v) is 11.2. The quantitative estimate of drug-likeness (QED) is 0.593. The smallest absolute Gasteiger partial charge is 0.203 e. The van der Waals surface area contributed by atoms with Crippen LogP contribution in [0.3, 0.4) is 0 Å². The van der Waals surface area contributed by atoms with E-state index in [1.807, 2.05) is 43.9 Å². The van der Waals surface area contributed by atoms with Crippen molar-refractivity contribution in [3.63, 3.8) is 0 Å². The monoisotopic (exact) mass is 444 g/mol. The molecule has 2 aromatic heterocycles. The zero-order valence-corrected chi connectivity index (χ0v) is 18.9. The molecule has 0 radical (unpaired) electrons. The minimum Gasteiger partial charge on any atom is -0.304 e. The molecule has 0 N–H and O–H groups in total. The average Bonchev–Trinajstić information content (AvgIpc) is 3.28. The molecule has 9 heteroatoms. The van der Waals surface area contributed by atoms with Gasteiger partial charge in [0, 0.05) is 64.3 Å². The van der Waals surface area contributed by atoms with Gasteiger partial charge in [-0.25, -0.2) is 4.68 Å². The van der Waals surface area contributed by atoms with Crippen LogP contribution in [0.25, 0.3) is 5.69 Å². The Morgan fingerprint density at radius 1 is 1.03 bits per heavy atom. The predicted molar refractivity (Wildman–Crippen MR) is 128 cm³/mol. The molecule has 2 aliphatic heterocycles. The molecule has 0 saturated carbocycles. The van der Waals surface area contributed by atoms with Crippen LogP contribution < -0.4 is 5.43 Å². The first kappa shape index (κ1) is 21.4. The van der Waals surface area contributed by atoms with Gasteiger partial charge >= 0.3 is 0 Å². The van der Waals surface area contributed by atoms with Crippen LogP contribution in [-0.4, -0.2) is 81.1 Å². The molecule has 5 rings (SSSR count). The number of aromatic nitrogens is 4. The van der Waals surface area contributed by atoms with E-state index in [9.17, 15) is 4.79 Å². The first-order valence-electron chi connectivity index (χ1n) is 11.2. The lowest BCUT2D eigenvalue weighted by Crippen LogP contribution is -2.50. The van der Waals surface area contributed by atoms with Gasteiger partial charge in [0.15, 0.2) is 6.17 Å². The van der Waals surface area contributed by atoms with Crippen LogP contribution in [0.4, 0.5) is 0 Å². The fourth-order valence-corrected chi connectivity index (χ4v) is 4.19. The van der Waals surface area contributed by atoms with E-state index >= 15 is 0 Å². The van der Waals surface area contributed by atoms with Crippen LogP contribution >= 0.6 is 0 Å². The minimum atomic E-state index is -0.246. The third kappa shape index (κ3) is 4.84. The molecule has 9 nitrogen and oxygen atoms in total. The van der Waals surface area contributed by atoms with Gasteiger partial charge in [-0.1, -0.05) is 24.3 Å². The lowest BCUT2D eigenvalue weighted by molar-refractivity contribution is 0.157. The summed E-state index contributed by atoms with van der Waals surface area (Å²) in [5.41, 5.74) is 3.25. The second-order valence-corrected chi connectivity index (χ2v) is 8.67. The maximum Gasteiger partial charge on any atom is 0.203 e. The van der Waals surface area contributed by atoms with Gasteiger partial charge in [-0.2, -0.15) is 10.2 Å². The lowest BCUT2D eigenvalue weighted by Gasteiger charge is -2.35. The zero-order valence-electron chi connectivity index (χ0n) is 18.9. The van der Waals surface area contributed by atoms with Gasteiger partial charge in [-0.05, 0) is 18.2 Å². The summed E-state index contributed by atoms with van der Waals surface area (Å²) in [5.74, 6) is 0. The van der Waals surface area contributed by atoms with Crippen LogP contribution in [0.1, 0.15) is 23.0 Å². The maximum absolute atomic E-state index is 12.5. The molecule has 1 fully saturated rings. The minimum absolute atomic E-state index is 0.0794. The molecule has 3 aromatic rings. The van der Waals surface area contributed by atoms with Gasteiger partial charge in [0.1, 0.15) is 11.4 Å². The molecule has 0 amide bonds. The van der Waals surface area contributed by atoms with Gasteiger partial charge < -0.3 is 4.90 Å². The van der Waals surface area contributed by atoms with Crippen molar-refractivity contribution in [3.05, 3.63) is 76.0 Å². The number of hydrogen-bond donors (Lipinski definition) is 0. The van der Waals surface area contributed by atoms with Crippen LogP contribution in [0.5, 0.6) is 0 Å². The standard InChI is InChI=1S/C24H28N8O/c1-29-8-10-31(11-9-29)20-14-25-24(26-15-20)19-5-3-4-18(12-19)13-22-23(33)6-7-32(28-22)21-16-27-30(2)17-21/h3-7,12,14-17,20,24H,8-11,13H2,1-2H3. The average molecular weight is 445 g/mol.